The molecule has 1 amide bonds. The van der Waals surface area contributed by atoms with E-state index in [1.165, 1.54) is 0 Å². The molecule has 0 N–H and O–H groups in total. The van der Waals surface area contributed by atoms with Crippen LogP contribution in [0, 0.1) is 0 Å². The molecule has 3 aliphatic rings. The molecule has 1 aliphatic carbocycles. The number of carbonyl (C=O) groups is 1. The largest absolute Gasteiger partial charge is 1.00 e. The van der Waals surface area contributed by atoms with Gasteiger partial charge < -0.3 is 21.7 Å². The van der Waals surface area contributed by atoms with E-state index in [1.807, 2.05) is 39.7 Å². The Morgan fingerprint density at radius 1 is 1.35 bits per heavy atom. The molecule has 0 saturated heterocycles. The van der Waals surface area contributed by atoms with Gasteiger partial charge in [-0.25, -0.2) is 14.2 Å². The smallest absolute Gasteiger partial charge is 0.352 e. The number of aryl methyl sites for hydroxylation is 1. The summed E-state index contributed by atoms with van der Waals surface area (Å²) in [6.45, 7) is 0.370. The zero-order chi connectivity index (χ0) is 15.0. The van der Waals surface area contributed by atoms with Gasteiger partial charge in [-0.15, -0.1) is 0 Å². The Morgan fingerprint density at radius 3 is 3.00 bits per heavy atom. The molecule has 1 atom stereocenters. The third kappa shape index (κ3) is 1.67. The zero-order valence-electron chi connectivity index (χ0n) is 12.5. The first-order valence-corrected chi connectivity index (χ1v) is 7.40. The highest BCUT2D eigenvalue weighted by atomic mass is 35.5. The summed E-state index contributed by atoms with van der Waals surface area (Å²) in [4.78, 5) is 28.2. The Morgan fingerprint density at radius 2 is 2.17 bits per heavy atom. The van der Waals surface area contributed by atoms with Crippen molar-refractivity contribution in [3.8, 4) is 0 Å². The molecule has 5 rings (SSSR count). The normalized spacial score (nSPS) is 20.0. The molecule has 0 aromatic carbocycles. The van der Waals surface area contributed by atoms with E-state index in [1.54, 1.807) is 6.07 Å². The lowest BCUT2D eigenvalue weighted by molar-refractivity contribution is -0.663. The predicted molar refractivity (Wildman–Crippen MR) is 78.2 cm³/mol. The van der Waals surface area contributed by atoms with Crippen LogP contribution in [0.15, 0.2) is 33.6 Å². The van der Waals surface area contributed by atoms with E-state index in [4.69, 9.17) is 4.42 Å². The second-order valence-electron chi connectivity index (χ2n) is 6.03. The molecule has 2 aromatic heterocycles. The van der Waals surface area contributed by atoms with Crippen molar-refractivity contribution >= 4 is 23.3 Å². The summed E-state index contributed by atoms with van der Waals surface area (Å²) < 4.78 is 7.48. The van der Waals surface area contributed by atoms with Gasteiger partial charge in [0.2, 0.25) is 5.88 Å². The first-order chi connectivity index (χ1) is 10.6. The number of amides is 1. The van der Waals surface area contributed by atoms with E-state index < -0.39 is 0 Å². The average molecular weight is 332 g/mol. The number of fused-ring (bicyclic) bond motifs is 1. The quantitative estimate of drug-likeness (QED) is 0.526. The van der Waals surface area contributed by atoms with Crippen molar-refractivity contribution in [2.45, 2.75) is 25.4 Å². The van der Waals surface area contributed by atoms with E-state index in [9.17, 15) is 9.59 Å². The van der Waals surface area contributed by atoms with Crippen molar-refractivity contribution in [1.29, 1.82) is 0 Å². The third-order valence-electron chi connectivity index (χ3n) is 4.89. The minimum absolute atomic E-state index is 0. The third-order valence-corrected chi connectivity index (χ3v) is 4.89. The fourth-order valence-corrected chi connectivity index (χ4v) is 4.00. The average Bonchev–Trinajstić information content (AvgIpc) is 3.01. The Kier molecular flexibility index (Phi) is 2.84. The Hall–Kier alpha value is -2.34. The number of anilines is 3. The van der Waals surface area contributed by atoms with Gasteiger partial charge in [-0.05, 0) is 30.5 Å². The highest BCUT2D eigenvalue weighted by molar-refractivity contribution is 5.98. The molecule has 2 aliphatic heterocycles. The van der Waals surface area contributed by atoms with Crippen LogP contribution >= 0.6 is 0 Å². The van der Waals surface area contributed by atoms with Gasteiger partial charge in [-0.3, -0.25) is 0 Å². The van der Waals surface area contributed by atoms with Gasteiger partial charge in [0.25, 0.3) is 0 Å². The summed E-state index contributed by atoms with van der Waals surface area (Å²) in [5.74, 6) is 1.56. The summed E-state index contributed by atoms with van der Waals surface area (Å²) in [6.07, 6.45) is 3.56. The topological polar surface area (TPSA) is 57.6 Å². The zero-order valence-corrected chi connectivity index (χ0v) is 13.2. The molecule has 2 aromatic rings. The van der Waals surface area contributed by atoms with Crippen molar-refractivity contribution in [3.05, 3.63) is 45.9 Å². The predicted octanol–water partition coefficient (Wildman–Crippen LogP) is -1.95. The fourth-order valence-electron chi connectivity index (χ4n) is 4.00. The van der Waals surface area contributed by atoms with Crippen LogP contribution in [-0.2, 0) is 17.8 Å². The molecule has 6 nitrogen and oxygen atoms in total. The summed E-state index contributed by atoms with van der Waals surface area (Å²) in [7, 11) is 1.89. The lowest BCUT2D eigenvalue weighted by atomic mass is 10.1. The van der Waals surface area contributed by atoms with Crippen molar-refractivity contribution in [3.63, 3.8) is 0 Å². The summed E-state index contributed by atoms with van der Waals surface area (Å²) in [5, 5.41) is 0. The van der Waals surface area contributed by atoms with Gasteiger partial charge >= 0.3 is 17.4 Å². The Bertz CT molecular complexity index is 908. The van der Waals surface area contributed by atoms with Crippen molar-refractivity contribution < 1.29 is 26.2 Å². The van der Waals surface area contributed by atoms with Gasteiger partial charge in [0.15, 0.2) is 6.54 Å². The molecule has 0 radical (unpaired) electrons. The SMILES string of the molecule is CN1c2ccc[n+]3c2N(C(=O)C3)C2CCc3cc(=O)oc1c32.[Cl-]. The maximum atomic E-state index is 12.6. The van der Waals surface area contributed by atoms with Crippen LogP contribution in [0.4, 0.5) is 17.4 Å². The van der Waals surface area contributed by atoms with E-state index in [-0.39, 0.29) is 30.0 Å². The monoisotopic (exact) mass is 331 g/mol. The standard InChI is InChI=1S/C16H14N3O3.ClH/c1-17-11-3-2-6-18-8-12(20)19(15(11)18)10-5-4-9-7-13(21)22-16(17)14(9)10;/h2-3,6-7,10H,4-5,8H2,1H3;1H/q+1;/p-1. The van der Waals surface area contributed by atoms with Gasteiger partial charge in [-0.1, -0.05) is 0 Å². The van der Waals surface area contributed by atoms with E-state index in [0.29, 0.717) is 12.4 Å². The number of hydrogen-bond acceptors (Lipinski definition) is 4. The van der Waals surface area contributed by atoms with Gasteiger partial charge in [0.05, 0.1) is 11.8 Å². The second-order valence-corrected chi connectivity index (χ2v) is 6.03. The highest BCUT2D eigenvalue weighted by Gasteiger charge is 2.51. The number of hydrogen-bond donors (Lipinski definition) is 0. The first kappa shape index (κ1) is 14.3. The lowest BCUT2D eigenvalue weighted by Gasteiger charge is -2.17. The molecule has 4 heterocycles. The number of halogens is 1. The minimum Gasteiger partial charge on any atom is -1.00 e. The minimum atomic E-state index is -0.330. The van der Waals surface area contributed by atoms with Crippen molar-refractivity contribution in [1.82, 2.24) is 0 Å². The number of aromatic nitrogens is 1. The molecule has 0 fully saturated rings. The van der Waals surface area contributed by atoms with E-state index in [0.717, 1.165) is 35.5 Å². The lowest BCUT2D eigenvalue weighted by Crippen LogP contribution is -3.00. The van der Waals surface area contributed by atoms with Crippen molar-refractivity contribution in [2.24, 2.45) is 0 Å². The fraction of sp³-hybridized carbons (Fsp3) is 0.312. The number of pyridine rings is 1. The first-order valence-electron chi connectivity index (χ1n) is 7.40. The Labute approximate surface area is 138 Å². The maximum Gasteiger partial charge on any atom is 0.352 e. The summed E-state index contributed by atoms with van der Waals surface area (Å²) in [5.41, 5.74) is 2.55. The second kappa shape index (κ2) is 4.58. The summed E-state index contributed by atoms with van der Waals surface area (Å²) >= 11 is 0. The van der Waals surface area contributed by atoms with Crippen LogP contribution in [0.1, 0.15) is 23.6 Å². The highest BCUT2D eigenvalue weighted by Crippen LogP contribution is 2.49. The molecular weight excluding hydrogens is 318 g/mol. The van der Waals surface area contributed by atoms with Crippen LogP contribution in [0.3, 0.4) is 0 Å². The Balaban J connectivity index is 0.00000135. The van der Waals surface area contributed by atoms with Crippen LogP contribution in [0.2, 0.25) is 0 Å². The molecule has 23 heavy (non-hydrogen) atoms. The maximum absolute atomic E-state index is 12.6. The van der Waals surface area contributed by atoms with Crippen molar-refractivity contribution in [2.75, 3.05) is 16.8 Å². The van der Waals surface area contributed by atoms with Crippen LogP contribution in [0.5, 0.6) is 0 Å². The molecule has 7 heteroatoms. The number of nitrogens with zero attached hydrogens (tertiary/aromatic N) is 3. The van der Waals surface area contributed by atoms with Gasteiger partial charge in [-0.2, -0.15) is 4.90 Å². The van der Waals surface area contributed by atoms with Gasteiger partial charge in [0.1, 0.15) is 11.7 Å². The van der Waals surface area contributed by atoms with Crippen LogP contribution in [-0.4, -0.2) is 13.0 Å². The van der Waals surface area contributed by atoms with E-state index in [2.05, 4.69) is 0 Å². The molecule has 0 bridgehead atoms. The van der Waals surface area contributed by atoms with E-state index >= 15 is 0 Å². The molecule has 1 unspecified atom stereocenters. The van der Waals surface area contributed by atoms with Crippen LogP contribution < -0.4 is 32.4 Å². The number of rotatable bonds is 0. The molecule has 118 valence electrons. The molecular formula is C16H14ClN3O3. The number of carbonyl (C=O) groups excluding carboxylic acids is 1. The molecule has 0 spiro atoms. The van der Waals surface area contributed by atoms with Gasteiger partial charge in [0, 0.05) is 13.1 Å². The summed E-state index contributed by atoms with van der Waals surface area (Å²) in [6, 6.07) is 5.40. The molecule has 0 saturated carbocycles. The van der Waals surface area contributed by atoms with Crippen LogP contribution in [0.25, 0.3) is 0 Å².